The van der Waals surface area contributed by atoms with E-state index in [0.717, 1.165) is 4.47 Å². The van der Waals surface area contributed by atoms with Crippen LogP contribution in [-0.2, 0) is 14.6 Å². The minimum atomic E-state index is -3.32. The summed E-state index contributed by atoms with van der Waals surface area (Å²) in [5.41, 5.74) is 5.25. The zero-order chi connectivity index (χ0) is 14.3. The van der Waals surface area contributed by atoms with Crippen molar-refractivity contribution in [1.29, 1.82) is 0 Å². The maximum absolute atomic E-state index is 12.0. The third-order valence-corrected chi connectivity index (χ3v) is 4.80. The van der Waals surface area contributed by atoms with Crippen LogP contribution >= 0.6 is 15.9 Å². The van der Waals surface area contributed by atoms with Crippen molar-refractivity contribution in [2.45, 2.75) is 17.7 Å². The lowest BCUT2D eigenvalue weighted by Gasteiger charge is -2.05. The Morgan fingerprint density at radius 3 is 2.47 bits per heavy atom. The van der Waals surface area contributed by atoms with Gasteiger partial charge in [-0.25, -0.2) is 8.42 Å². The van der Waals surface area contributed by atoms with Crippen molar-refractivity contribution in [3.63, 3.8) is 0 Å². The Morgan fingerprint density at radius 1 is 1.26 bits per heavy atom. The lowest BCUT2D eigenvalue weighted by atomic mass is 10.3. The molecule has 0 atom stereocenters. The number of nitrogens with one attached hydrogen (secondary N) is 1. The molecule has 1 rings (SSSR count). The zero-order valence-electron chi connectivity index (χ0n) is 10.4. The number of nitrogens with two attached hydrogens (primary N) is 1. The second-order valence-corrected chi connectivity index (χ2v) is 7.04. The number of amides is 1. The van der Waals surface area contributed by atoms with Gasteiger partial charge < -0.3 is 11.1 Å². The number of carbonyl (C=O) groups is 1. The quantitative estimate of drug-likeness (QED) is 0.771. The maximum atomic E-state index is 12.0. The highest BCUT2D eigenvalue weighted by molar-refractivity contribution is 9.10. The van der Waals surface area contributed by atoms with Crippen molar-refractivity contribution in [1.82, 2.24) is 5.32 Å². The van der Waals surface area contributed by atoms with Gasteiger partial charge in [-0.2, -0.15) is 0 Å². The molecule has 1 amide bonds. The average molecular weight is 349 g/mol. The zero-order valence-corrected chi connectivity index (χ0v) is 12.8. The molecule has 0 saturated heterocycles. The van der Waals surface area contributed by atoms with Crippen LogP contribution in [-0.4, -0.2) is 33.2 Å². The number of sulfone groups is 1. The van der Waals surface area contributed by atoms with Crippen LogP contribution in [0.1, 0.15) is 12.8 Å². The standard InChI is InChI=1S/C12H17BrN2O3S/c13-10-3-5-11(6-4-10)19(17,18)9-1-2-12(16)15-8-7-14/h3-6H,1-2,7-9,14H2,(H,15,16). The van der Waals surface area contributed by atoms with Crippen LogP contribution in [0.5, 0.6) is 0 Å². The normalized spacial score (nSPS) is 11.3. The molecule has 0 unspecified atom stereocenters. The topological polar surface area (TPSA) is 89.3 Å². The third-order valence-electron chi connectivity index (χ3n) is 2.46. The number of benzene rings is 1. The molecule has 5 nitrogen and oxygen atoms in total. The van der Waals surface area contributed by atoms with Crippen molar-refractivity contribution >= 4 is 31.7 Å². The van der Waals surface area contributed by atoms with Gasteiger partial charge in [0.05, 0.1) is 10.6 Å². The Labute approximate surface area is 121 Å². The molecule has 106 valence electrons. The van der Waals surface area contributed by atoms with Gasteiger partial charge in [0.2, 0.25) is 5.91 Å². The van der Waals surface area contributed by atoms with Crippen molar-refractivity contribution in [2.24, 2.45) is 5.73 Å². The van der Waals surface area contributed by atoms with Crippen LogP contribution in [0.4, 0.5) is 0 Å². The largest absolute Gasteiger partial charge is 0.355 e. The van der Waals surface area contributed by atoms with Crippen LogP contribution in [0.15, 0.2) is 33.6 Å². The first-order chi connectivity index (χ1) is 8.95. The molecule has 0 aromatic heterocycles. The summed E-state index contributed by atoms with van der Waals surface area (Å²) in [5.74, 6) is -0.207. The van der Waals surface area contributed by atoms with Gasteiger partial charge in [0.25, 0.3) is 0 Å². The van der Waals surface area contributed by atoms with E-state index in [1.807, 2.05) is 0 Å². The van der Waals surface area contributed by atoms with Crippen LogP contribution < -0.4 is 11.1 Å². The molecule has 1 aromatic rings. The molecule has 1 aromatic carbocycles. The van der Waals surface area contributed by atoms with E-state index in [4.69, 9.17) is 5.73 Å². The summed E-state index contributed by atoms with van der Waals surface area (Å²) in [5, 5.41) is 2.60. The van der Waals surface area contributed by atoms with Gasteiger partial charge in [0.1, 0.15) is 0 Å². The van der Waals surface area contributed by atoms with E-state index in [1.54, 1.807) is 24.3 Å². The summed E-state index contributed by atoms with van der Waals surface area (Å²) in [4.78, 5) is 11.6. The Balaban J connectivity index is 2.47. The van der Waals surface area contributed by atoms with E-state index in [0.29, 0.717) is 19.5 Å². The molecule has 7 heteroatoms. The summed E-state index contributed by atoms with van der Waals surface area (Å²) in [6.45, 7) is 0.793. The summed E-state index contributed by atoms with van der Waals surface area (Å²) in [6, 6.07) is 6.46. The highest BCUT2D eigenvalue weighted by atomic mass is 79.9. The smallest absolute Gasteiger partial charge is 0.220 e. The fourth-order valence-electron chi connectivity index (χ4n) is 1.48. The first kappa shape index (κ1) is 16.1. The van der Waals surface area contributed by atoms with E-state index in [1.165, 1.54) is 0 Å². The van der Waals surface area contributed by atoms with Gasteiger partial charge in [0, 0.05) is 24.0 Å². The fraction of sp³-hybridized carbons (Fsp3) is 0.417. The van der Waals surface area contributed by atoms with Crippen LogP contribution in [0.2, 0.25) is 0 Å². The van der Waals surface area contributed by atoms with Crippen molar-refractivity contribution in [3.8, 4) is 0 Å². The summed E-state index contributed by atoms with van der Waals surface area (Å²) in [7, 11) is -3.32. The average Bonchev–Trinajstić information content (AvgIpc) is 2.36. The molecule has 0 aliphatic rings. The Hall–Kier alpha value is -0.920. The van der Waals surface area contributed by atoms with E-state index in [-0.39, 0.29) is 23.0 Å². The SMILES string of the molecule is NCCNC(=O)CCCS(=O)(=O)c1ccc(Br)cc1. The number of carbonyl (C=O) groups excluding carboxylic acids is 1. The van der Waals surface area contributed by atoms with Gasteiger partial charge in [-0.15, -0.1) is 0 Å². The molecule has 0 radical (unpaired) electrons. The highest BCUT2D eigenvalue weighted by Gasteiger charge is 2.14. The second-order valence-electron chi connectivity index (χ2n) is 4.01. The molecule has 0 aliphatic heterocycles. The number of hydrogen-bond donors (Lipinski definition) is 2. The lowest BCUT2D eigenvalue weighted by Crippen LogP contribution is -2.29. The highest BCUT2D eigenvalue weighted by Crippen LogP contribution is 2.16. The molecular formula is C12H17BrN2O3S. The molecule has 0 saturated carbocycles. The fourth-order valence-corrected chi connectivity index (χ4v) is 3.06. The lowest BCUT2D eigenvalue weighted by molar-refractivity contribution is -0.121. The predicted molar refractivity (Wildman–Crippen MR) is 77.5 cm³/mol. The first-order valence-electron chi connectivity index (χ1n) is 5.91. The summed E-state index contributed by atoms with van der Waals surface area (Å²) >= 11 is 3.25. The van der Waals surface area contributed by atoms with Crippen LogP contribution in [0.25, 0.3) is 0 Å². The second kappa shape index (κ2) is 7.62. The first-order valence-corrected chi connectivity index (χ1v) is 8.35. The minimum absolute atomic E-state index is 0.0370. The van der Waals surface area contributed by atoms with Gasteiger partial charge in [-0.1, -0.05) is 15.9 Å². The molecule has 0 bridgehead atoms. The molecule has 19 heavy (non-hydrogen) atoms. The molecule has 0 spiro atoms. The number of halogens is 1. The van der Waals surface area contributed by atoms with E-state index < -0.39 is 9.84 Å². The Bertz CT molecular complexity index is 514. The van der Waals surface area contributed by atoms with Gasteiger partial charge in [-0.05, 0) is 30.7 Å². The van der Waals surface area contributed by atoms with E-state index >= 15 is 0 Å². The van der Waals surface area contributed by atoms with Crippen LogP contribution in [0.3, 0.4) is 0 Å². The molecule has 0 heterocycles. The van der Waals surface area contributed by atoms with Crippen molar-refractivity contribution in [2.75, 3.05) is 18.8 Å². The summed E-state index contributed by atoms with van der Waals surface area (Å²) < 4.78 is 24.8. The van der Waals surface area contributed by atoms with Crippen molar-refractivity contribution in [3.05, 3.63) is 28.7 Å². The Kier molecular flexibility index (Phi) is 6.47. The number of rotatable bonds is 7. The molecule has 3 N–H and O–H groups in total. The maximum Gasteiger partial charge on any atom is 0.220 e. The van der Waals surface area contributed by atoms with Gasteiger partial charge >= 0.3 is 0 Å². The molecule has 0 fully saturated rings. The van der Waals surface area contributed by atoms with Crippen molar-refractivity contribution < 1.29 is 13.2 Å². The Morgan fingerprint density at radius 2 is 1.89 bits per heavy atom. The van der Waals surface area contributed by atoms with E-state index in [9.17, 15) is 13.2 Å². The van der Waals surface area contributed by atoms with Gasteiger partial charge in [-0.3, -0.25) is 4.79 Å². The summed E-state index contributed by atoms with van der Waals surface area (Å²) in [6.07, 6.45) is 0.491. The third kappa shape index (κ3) is 5.71. The predicted octanol–water partition coefficient (Wildman–Crippen LogP) is 1.08. The number of hydrogen-bond acceptors (Lipinski definition) is 4. The minimum Gasteiger partial charge on any atom is -0.355 e. The molecular weight excluding hydrogens is 332 g/mol. The van der Waals surface area contributed by atoms with Crippen LogP contribution in [0, 0.1) is 0 Å². The molecule has 0 aliphatic carbocycles. The van der Waals surface area contributed by atoms with Gasteiger partial charge in [0.15, 0.2) is 9.84 Å². The monoisotopic (exact) mass is 348 g/mol. The van der Waals surface area contributed by atoms with E-state index in [2.05, 4.69) is 21.2 Å².